The molecule has 2 aromatic carbocycles. The van der Waals surface area contributed by atoms with Crippen molar-refractivity contribution in [3.05, 3.63) is 83.3 Å². The molecule has 2 heterocycles. The molecule has 27 heavy (non-hydrogen) atoms. The highest BCUT2D eigenvalue weighted by Gasteiger charge is 2.35. The third-order valence-corrected chi connectivity index (χ3v) is 5.18. The van der Waals surface area contributed by atoms with E-state index in [1.165, 1.54) is 11.1 Å². The topological polar surface area (TPSA) is 45.5 Å². The lowest BCUT2D eigenvalue weighted by atomic mass is 9.90. The summed E-state index contributed by atoms with van der Waals surface area (Å²) in [5, 5.41) is 3.65. The van der Waals surface area contributed by atoms with E-state index in [-0.39, 0.29) is 18.0 Å². The number of fused-ring (bicyclic) bond motifs is 1. The first-order valence-corrected chi connectivity index (χ1v) is 9.34. The molecular formula is C23H24N2O2. The molecule has 0 aliphatic carbocycles. The minimum absolute atomic E-state index is 0.0563. The SMILES string of the molecule is Cc1ccc(N[C@@H]2C[C@H](C)N(C(=O)c3ccco3)c3ccc(C)cc32)cc1. The second-order valence-corrected chi connectivity index (χ2v) is 7.36. The molecule has 4 heteroatoms. The van der Waals surface area contributed by atoms with Gasteiger partial charge in [-0.25, -0.2) is 0 Å². The van der Waals surface area contributed by atoms with Crippen LogP contribution in [0, 0.1) is 13.8 Å². The highest BCUT2D eigenvalue weighted by molar-refractivity contribution is 6.05. The smallest absolute Gasteiger partial charge is 0.294 e. The summed E-state index contributed by atoms with van der Waals surface area (Å²) in [4.78, 5) is 14.9. The fourth-order valence-corrected chi connectivity index (χ4v) is 3.80. The van der Waals surface area contributed by atoms with Gasteiger partial charge in [0.25, 0.3) is 5.91 Å². The molecule has 138 valence electrons. The van der Waals surface area contributed by atoms with Crippen molar-refractivity contribution < 1.29 is 9.21 Å². The van der Waals surface area contributed by atoms with Crippen LogP contribution in [0.3, 0.4) is 0 Å². The summed E-state index contributed by atoms with van der Waals surface area (Å²) in [6, 6.07) is 18.4. The molecule has 0 saturated carbocycles. The third-order valence-electron chi connectivity index (χ3n) is 5.18. The summed E-state index contributed by atoms with van der Waals surface area (Å²) >= 11 is 0. The maximum Gasteiger partial charge on any atom is 0.294 e. The molecule has 4 nitrogen and oxygen atoms in total. The molecule has 4 rings (SSSR count). The first-order valence-electron chi connectivity index (χ1n) is 9.34. The Morgan fingerprint density at radius 1 is 1.07 bits per heavy atom. The number of aryl methyl sites for hydroxylation is 2. The average Bonchev–Trinajstić information content (AvgIpc) is 3.18. The highest BCUT2D eigenvalue weighted by atomic mass is 16.3. The number of rotatable bonds is 3. The lowest BCUT2D eigenvalue weighted by molar-refractivity contribution is 0.0947. The average molecular weight is 360 g/mol. The number of anilines is 2. The van der Waals surface area contributed by atoms with Crippen LogP contribution in [-0.4, -0.2) is 11.9 Å². The zero-order valence-corrected chi connectivity index (χ0v) is 15.9. The van der Waals surface area contributed by atoms with E-state index in [0.717, 1.165) is 23.4 Å². The normalized spacial score (nSPS) is 18.9. The molecule has 0 radical (unpaired) electrons. The van der Waals surface area contributed by atoms with Crippen LogP contribution >= 0.6 is 0 Å². The Kier molecular flexibility index (Phi) is 4.48. The first-order chi connectivity index (χ1) is 13.0. The van der Waals surface area contributed by atoms with Crippen molar-refractivity contribution in [1.82, 2.24) is 0 Å². The van der Waals surface area contributed by atoms with Crippen LogP contribution in [0.2, 0.25) is 0 Å². The summed E-state index contributed by atoms with van der Waals surface area (Å²) in [6.07, 6.45) is 2.37. The van der Waals surface area contributed by atoms with E-state index >= 15 is 0 Å². The monoisotopic (exact) mass is 360 g/mol. The fourth-order valence-electron chi connectivity index (χ4n) is 3.80. The van der Waals surface area contributed by atoms with Gasteiger partial charge >= 0.3 is 0 Å². The molecule has 0 spiro atoms. The zero-order chi connectivity index (χ0) is 19.0. The summed E-state index contributed by atoms with van der Waals surface area (Å²) in [5.74, 6) is 0.282. The molecule has 1 aromatic heterocycles. The second-order valence-electron chi connectivity index (χ2n) is 7.36. The molecule has 2 atom stereocenters. The molecule has 0 bridgehead atoms. The molecule has 0 unspecified atom stereocenters. The maximum absolute atomic E-state index is 13.0. The van der Waals surface area contributed by atoms with Crippen molar-refractivity contribution in [3.8, 4) is 0 Å². The Bertz CT molecular complexity index is 945. The summed E-state index contributed by atoms with van der Waals surface area (Å²) in [5.41, 5.74) is 5.61. The Labute approximate surface area is 159 Å². The minimum Gasteiger partial charge on any atom is -0.459 e. The standard InChI is InChI=1S/C23H24N2O2/c1-15-6-9-18(10-7-15)24-20-14-17(3)25(23(26)22-5-4-12-27-22)21-11-8-16(2)13-19(20)21/h4-13,17,20,24H,14H2,1-3H3/t17-,20+/m0/s1. The van der Waals surface area contributed by atoms with Crippen molar-refractivity contribution in [2.24, 2.45) is 0 Å². The first kappa shape index (κ1) is 17.4. The molecule has 1 N–H and O–H groups in total. The molecule has 0 saturated heterocycles. The van der Waals surface area contributed by atoms with E-state index in [1.807, 2.05) is 11.0 Å². The van der Waals surface area contributed by atoms with E-state index in [1.54, 1.807) is 18.4 Å². The number of carbonyl (C=O) groups is 1. The minimum atomic E-state index is -0.0913. The molecule has 0 fully saturated rings. The largest absolute Gasteiger partial charge is 0.459 e. The van der Waals surface area contributed by atoms with Gasteiger partial charge in [-0.3, -0.25) is 4.79 Å². The molecule has 1 aliphatic heterocycles. The Morgan fingerprint density at radius 2 is 1.81 bits per heavy atom. The van der Waals surface area contributed by atoms with Gasteiger partial charge in [0.15, 0.2) is 5.76 Å². The lowest BCUT2D eigenvalue weighted by Gasteiger charge is -2.39. The number of furan rings is 1. The van der Waals surface area contributed by atoms with Crippen LogP contribution in [0.4, 0.5) is 11.4 Å². The lowest BCUT2D eigenvalue weighted by Crippen LogP contribution is -2.44. The van der Waals surface area contributed by atoms with Gasteiger partial charge in [0.05, 0.1) is 12.3 Å². The van der Waals surface area contributed by atoms with Gasteiger partial charge in [-0.1, -0.05) is 35.4 Å². The number of benzene rings is 2. The Morgan fingerprint density at radius 3 is 2.52 bits per heavy atom. The maximum atomic E-state index is 13.0. The second kappa shape index (κ2) is 6.95. The Balaban J connectivity index is 1.71. The quantitative estimate of drug-likeness (QED) is 0.672. The van der Waals surface area contributed by atoms with Crippen LogP contribution < -0.4 is 10.2 Å². The van der Waals surface area contributed by atoms with E-state index < -0.39 is 0 Å². The number of nitrogens with zero attached hydrogens (tertiary/aromatic N) is 1. The number of carbonyl (C=O) groups excluding carboxylic acids is 1. The number of nitrogens with one attached hydrogen (secondary N) is 1. The van der Waals surface area contributed by atoms with Crippen molar-refractivity contribution in [2.45, 2.75) is 39.3 Å². The zero-order valence-electron chi connectivity index (χ0n) is 15.9. The van der Waals surface area contributed by atoms with Gasteiger partial charge in [-0.15, -0.1) is 0 Å². The number of hydrogen-bond donors (Lipinski definition) is 1. The van der Waals surface area contributed by atoms with Crippen LogP contribution in [0.25, 0.3) is 0 Å². The van der Waals surface area contributed by atoms with Crippen molar-refractivity contribution >= 4 is 17.3 Å². The van der Waals surface area contributed by atoms with Crippen LogP contribution in [-0.2, 0) is 0 Å². The summed E-state index contributed by atoms with van der Waals surface area (Å²) in [7, 11) is 0. The molecule has 3 aromatic rings. The molecular weight excluding hydrogens is 336 g/mol. The van der Waals surface area contributed by atoms with Crippen LogP contribution in [0.15, 0.2) is 65.3 Å². The Hall–Kier alpha value is -3.01. The predicted octanol–water partition coefficient (Wildman–Crippen LogP) is 5.49. The van der Waals surface area contributed by atoms with Crippen LogP contribution in [0.1, 0.15) is 46.6 Å². The van der Waals surface area contributed by atoms with Gasteiger partial charge in [0.2, 0.25) is 0 Å². The third kappa shape index (κ3) is 3.35. The van der Waals surface area contributed by atoms with Gasteiger partial charge in [0.1, 0.15) is 0 Å². The summed E-state index contributed by atoms with van der Waals surface area (Å²) < 4.78 is 5.36. The molecule has 1 aliphatic rings. The van der Waals surface area contributed by atoms with Gasteiger partial charge in [-0.2, -0.15) is 0 Å². The van der Waals surface area contributed by atoms with Gasteiger partial charge in [-0.05, 0) is 63.1 Å². The summed E-state index contributed by atoms with van der Waals surface area (Å²) in [6.45, 7) is 6.26. The van der Waals surface area contributed by atoms with E-state index in [0.29, 0.717) is 5.76 Å². The number of hydrogen-bond acceptors (Lipinski definition) is 3. The number of amides is 1. The highest BCUT2D eigenvalue weighted by Crippen LogP contribution is 2.40. The van der Waals surface area contributed by atoms with Gasteiger partial charge in [0, 0.05) is 17.4 Å². The van der Waals surface area contributed by atoms with E-state index in [2.05, 4.69) is 62.5 Å². The van der Waals surface area contributed by atoms with Crippen molar-refractivity contribution in [2.75, 3.05) is 10.2 Å². The predicted molar refractivity (Wildman–Crippen MR) is 108 cm³/mol. The van der Waals surface area contributed by atoms with E-state index in [4.69, 9.17) is 4.42 Å². The van der Waals surface area contributed by atoms with Crippen molar-refractivity contribution in [3.63, 3.8) is 0 Å². The van der Waals surface area contributed by atoms with Crippen molar-refractivity contribution in [1.29, 1.82) is 0 Å². The van der Waals surface area contributed by atoms with Gasteiger partial charge < -0.3 is 14.6 Å². The molecule has 1 amide bonds. The van der Waals surface area contributed by atoms with E-state index in [9.17, 15) is 4.79 Å². The van der Waals surface area contributed by atoms with Crippen LogP contribution in [0.5, 0.6) is 0 Å². The fraction of sp³-hybridized carbons (Fsp3) is 0.261.